The molecule has 1 saturated heterocycles. The van der Waals surface area contributed by atoms with Gasteiger partial charge < -0.3 is 19.5 Å². The van der Waals surface area contributed by atoms with Crippen molar-refractivity contribution in [2.75, 3.05) is 13.2 Å². The zero-order valence-corrected chi connectivity index (χ0v) is 20.2. The molecule has 1 fully saturated rings. The van der Waals surface area contributed by atoms with Gasteiger partial charge in [-0.05, 0) is 54.3 Å². The molecule has 0 spiro atoms. The Morgan fingerprint density at radius 2 is 2.19 bits per heavy atom. The van der Waals surface area contributed by atoms with Crippen LogP contribution in [-0.4, -0.2) is 40.1 Å². The van der Waals surface area contributed by atoms with E-state index in [1.807, 2.05) is 48.0 Å². The van der Waals surface area contributed by atoms with Gasteiger partial charge in [0.05, 0.1) is 17.8 Å². The van der Waals surface area contributed by atoms with Gasteiger partial charge in [0, 0.05) is 31.0 Å². The van der Waals surface area contributed by atoms with E-state index < -0.39 is 6.09 Å². The van der Waals surface area contributed by atoms with Crippen LogP contribution < -0.4 is 10.1 Å². The largest absolute Gasteiger partial charge is 0.475 e. The van der Waals surface area contributed by atoms with E-state index in [0.717, 1.165) is 46.0 Å². The second kappa shape index (κ2) is 11.0. The van der Waals surface area contributed by atoms with Crippen LogP contribution in [0.3, 0.4) is 0 Å². The van der Waals surface area contributed by atoms with Crippen molar-refractivity contribution in [3.8, 4) is 5.88 Å². The molecular weight excluding hydrogens is 523 g/mol. The molecule has 1 N–H and O–H groups in total. The highest BCUT2D eigenvalue weighted by Gasteiger charge is 2.21. The van der Waals surface area contributed by atoms with E-state index in [0.29, 0.717) is 18.8 Å². The molecule has 0 aliphatic carbocycles. The number of nitrogens with zero attached hydrogens (tertiary/aromatic N) is 3. The molecule has 1 aromatic carbocycles. The quantitative estimate of drug-likeness (QED) is 0.405. The molecule has 8 nitrogen and oxygen atoms in total. The van der Waals surface area contributed by atoms with Crippen molar-refractivity contribution in [1.82, 2.24) is 20.1 Å². The van der Waals surface area contributed by atoms with Crippen LogP contribution in [0.2, 0.25) is 0 Å². The lowest BCUT2D eigenvalue weighted by atomic mass is 10.2. The van der Waals surface area contributed by atoms with Crippen molar-refractivity contribution in [1.29, 1.82) is 0 Å². The van der Waals surface area contributed by atoms with Crippen molar-refractivity contribution in [3.05, 3.63) is 51.9 Å². The van der Waals surface area contributed by atoms with Crippen LogP contribution in [0.25, 0.3) is 10.9 Å². The van der Waals surface area contributed by atoms with E-state index in [2.05, 4.69) is 38.0 Å². The minimum Gasteiger partial charge on any atom is -0.475 e. The first kappa shape index (κ1) is 22.8. The van der Waals surface area contributed by atoms with Crippen LogP contribution in [-0.2, 0) is 16.1 Å². The second-order valence-electron chi connectivity index (χ2n) is 7.80. The maximum Gasteiger partial charge on any atom is 0.407 e. The van der Waals surface area contributed by atoms with Gasteiger partial charge in [0.25, 0.3) is 0 Å². The third-order valence-electron chi connectivity index (χ3n) is 5.31. The van der Waals surface area contributed by atoms with Crippen molar-refractivity contribution in [3.63, 3.8) is 0 Å². The number of amides is 1. The summed E-state index contributed by atoms with van der Waals surface area (Å²) in [6, 6.07) is 11.5. The lowest BCUT2D eigenvalue weighted by molar-refractivity contribution is -0.0369. The molecule has 9 heteroatoms. The van der Waals surface area contributed by atoms with Crippen molar-refractivity contribution >= 4 is 39.6 Å². The first-order chi connectivity index (χ1) is 15.6. The van der Waals surface area contributed by atoms with E-state index in [1.165, 1.54) is 0 Å². The number of hydrogen-bond donors (Lipinski definition) is 1. The molecule has 2 aromatic heterocycles. The van der Waals surface area contributed by atoms with E-state index in [4.69, 9.17) is 14.2 Å². The van der Waals surface area contributed by atoms with E-state index in [1.54, 1.807) is 6.20 Å². The van der Waals surface area contributed by atoms with E-state index >= 15 is 0 Å². The fraction of sp³-hybridized carbons (Fsp3) is 0.435. The SMILES string of the molecule is C[C@H](CCNC(=O)OCc1ccccc1)Oc1cc2c(I)nn(C3CCCCO3)c2cn1. The fourth-order valence-corrected chi connectivity index (χ4v) is 4.26. The molecule has 1 aliphatic rings. The summed E-state index contributed by atoms with van der Waals surface area (Å²) in [5.41, 5.74) is 1.90. The number of pyridine rings is 1. The smallest absolute Gasteiger partial charge is 0.407 e. The minimum absolute atomic E-state index is 0.0324. The van der Waals surface area contributed by atoms with Crippen LogP contribution in [0, 0.1) is 3.70 Å². The maximum absolute atomic E-state index is 11.9. The Kier molecular flexibility index (Phi) is 7.80. The standard InChI is InChI=1S/C23H27IN4O4/c1-16(10-11-25-23(29)31-15-17-7-3-2-4-8-17)32-20-13-18-19(14-26-20)28(27-22(18)24)21-9-5-6-12-30-21/h2-4,7-8,13-14,16,21H,5-6,9-12,15H2,1H3,(H,25,29)/t16-,21?/m1/s1. The van der Waals surface area contributed by atoms with Gasteiger partial charge in [0.15, 0.2) is 6.23 Å². The molecule has 32 heavy (non-hydrogen) atoms. The van der Waals surface area contributed by atoms with E-state index in [-0.39, 0.29) is 18.9 Å². The highest BCUT2D eigenvalue weighted by atomic mass is 127. The summed E-state index contributed by atoms with van der Waals surface area (Å²) >= 11 is 2.23. The van der Waals surface area contributed by atoms with Gasteiger partial charge in [0.2, 0.25) is 5.88 Å². The summed E-state index contributed by atoms with van der Waals surface area (Å²) in [6.45, 7) is 3.42. The normalized spacial score (nSPS) is 17.1. The van der Waals surface area contributed by atoms with Gasteiger partial charge in [-0.25, -0.2) is 14.5 Å². The average molecular weight is 550 g/mol. The van der Waals surface area contributed by atoms with Crippen LogP contribution >= 0.6 is 22.6 Å². The van der Waals surface area contributed by atoms with Crippen molar-refractivity contribution < 1.29 is 19.0 Å². The number of aromatic nitrogens is 3. The predicted molar refractivity (Wildman–Crippen MR) is 128 cm³/mol. The first-order valence-corrected chi connectivity index (χ1v) is 11.9. The second-order valence-corrected chi connectivity index (χ2v) is 8.82. The van der Waals surface area contributed by atoms with Gasteiger partial charge in [-0.2, -0.15) is 5.10 Å². The molecule has 3 heterocycles. The first-order valence-electron chi connectivity index (χ1n) is 10.9. The fourth-order valence-electron chi connectivity index (χ4n) is 3.60. The number of rotatable bonds is 8. The number of nitrogens with one attached hydrogen (secondary N) is 1. The van der Waals surface area contributed by atoms with Crippen LogP contribution in [0.1, 0.15) is 44.4 Å². The van der Waals surface area contributed by atoms with Crippen LogP contribution in [0.4, 0.5) is 4.79 Å². The third kappa shape index (κ3) is 5.89. The van der Waals surface area contributed by atoms with Crippen molar-refractivity contribution in [2.45, 2.75) is 51.5 Å². The van der Waals surface area contributed by atoms with Crippen molar-refractivity contribution in [2.24, 2.45) is 0 Å². The topological polar surface area (TPSA) is 87.5 Å². The summed E-state index contributed by atoms with van der Waals surface area (Å²) in [5, 5.41) is 8.42. The number of fused-ring (bicyclic) bond motifs is 1. The summed E-state index contributed by atoms with van der Waals surface area (Å²) in [7, 11) is 0. The van der Waals surface area contributed by atoms with Gasteiger partial charge in [0.1, 0.15) is 10.3 Å². The Morgan fingerprint density at radius 1 is 1.34 bits per heavy atom. The molecular formula is C23H27IN4O4. The molecule has 0 saturated carbocycles. The Hall–Kier alpha value is -2.40. The van der Waals surface area contributed by atoms with E-state index in [9.17, 15) is 4.79 Å². The molecule has 4 rings (SSSR count). The molecule has 1 unspecified atom stereocenters. The number of carbonyl (C=O) groups is 1. The number of alkyl carbamates (subject to hydrolysis) is 1. The number of benzene rings is 1. The predicted octanol–water partition coefficient (Wildman–Crippen LogP) is 4.82. The maximum atomic E-state index is 11.9. The van der Waals surface area contributed by atoms with Gasteiger partial charge in [-0.15, -0.1) is 0 Å². The number of ether oxygens (including phenoxy) is 3. The molecule has 0 bridgehead atoms. The number of carbonyl (C=O) groups excluding carboxylic acids is 1. The minimum atomic E-state index is -0.438. The number of halogens is 1. The molecule has 3 aromatic rings. The highest BCUT2D eigenvalue weighted by Crippen LogP contribution is 2.30. The number of hydrogen-bond acceptors (Lipinski definition) is 6. The summed E-state index contributed by atoms with van der Waals surface area (Å²) in [4.78, 5) is 16.3. The summed E-state index contributed by atoms with van der Waals surface area (Å²) in [6.07, 6.45) is 5.04. The molecule has 2 atom stereocenters. The highest BCUT2D eigenvalue weighted by molar-refractivity contribution is 14.1. The molecule has 1 aliphatic heterocycles. The Morgan fingerprint density at radius 3 is 2.97 bits per heavy atom. The lowest BCUT2D eigenvalue weighted by Gasteiger charge is -2.23. The lowest BCUT2D eigenvalue weighted by Crippen LogP contribution is -2.28. The van der Waals surface area contributed by atoms with Gasteiger partial charge in [-0.3, -0.25) is 0 Å². The monoisotopic (exact) mass is 550 g/mol. The Labute approximate surface area is 200 Å². The Balaban J connectivity index is 1.26. The Bertz CT molecular complexity index is 1040. The zero-order valence-electron chi connectivity index (χ0n) is 18.0. The summed E-state index contributed by atoms with van der Waals surface area (Å²) in [5.74, 6) is 0.540. The third-order valence-corrected chi connectivity index (χ3v) is 6.10. The molecule has 0 radical (unpaired) electrons. The van der Waals surface area contributed by atoms with Gasteiger partial charge in [-0.1, -0.05) is 30.3 Å². The summed E-state index contributed by atoms with van der Waals surface area (Å²) < 4.78 is 19.9. The zero-order chi connectivity index (χ0) is 22.3. The van der Waals surface area contributed by atoms with Crippen LogP contribution in [0.15, 0.2) is 42.6 Å². The average Bonchev–Trinajstić information content (AvgIpc) is 3.15. The van der Waals surface area contributed by atoms with Crippen LogP contribution in [0.5, 0.6) is 5.88 Å². The molecule has 170 valence electrons. The van der Waals surface area contributed by atoms with Gasteiger partial charge >= 0.3 is 6.09 Å². The molecule has 1 amide bonds.